The number of esters is 1. The molecule has 28 heavy (non-hydrogen) atoms. The van der Waals surface area contributed by atoms with E-state index in [4.69, 9.17) is 4.74 Å². The zero-order chi connectivity index (χ0) is 20.7. The minimum absolute atomic E-state index is 0.0461. The van der Waals surface area contributed by atoms with Crippen molar-refractivity contribution in [1.29, 1.82) is 0 Å². The number of amides is 1. The maximum absolute atomic E-state index is 12.0. The molecule has 2 aromatic carbocycles. The molecule has 0 saturated carbocycles. The summed E-state index contributed by atoms with van der Waals surface area (Å²) in [6, 6.07) is 12.5. The molecular formula is C19H23N3O5S. The van der Waals surface area contributed by atoms with Gasteiger partial charge in [0.2, 0.25) is 10.0 Å². The van der Waals surface area contributed by atoms with Crippen molar-refractivity contribution in [2.24, 2.45) is 0 Å². The number of ether oxygens (including phenoxy) is 1. The molecule has 0 aliphatic carbocycles. The lowest BCUT2D eigenvalue weighted by Crippen LogP contribution is -2.23. The molecule has 0 aliphatic rings. The van der Waals surface area contributed by atoms with E-state index in [0.29, 0.717) is 5.69 Å². The van der Waals surface area contributed by atoms with Crippen LogP contribution < -0.4 is 14.9 Å². The summed E-state index contributed by atoms with van der Waals surface area (Å²) in [6.45, 7) is 1.48. The Morgan fingerprint density at radius 2 is 1.61 bits per heavy atom. The van der Waals surface area contributed by atoms with E-state index in [1.165, 1.54) is 24.3 Å². The van der Waals surface area contributed by atoms with Crippen molar-refractivity contribution >= 4 is 33.3 Å². The van der Waals surface area contributed by atoms with Gasteiger partial charge in [0, 0.05) is 32.0 Å². The van der Waals surface area contributed by atoms with Crippen LogP contribution in [0.4, 0.5) is 11.4 Å². The minimum Gasteiger partial charge on any atom is -0.452 e. The van der Waals surface area contributed by atoms with Crippen LogP contribution in [-0.4, -0.2) is 47.5 Å². The van der Waals surface area contributed by atoms with Crippen molar-refractivity contribution in [3.8, 4) is 0 Å². The highest BCUT2D eigenvalue weighted by Gasteiger charge is 2.15. The van der Waals surface area contributed by atoms with Crippen molar-refractivity contribution in [3.05, 3.63) is 54.1 Å². The van der Waals surface area contributed by atoms with E-state index in [-0.39, 0.29) is 17.0 Å². The fourth-order valence-corrected chi connectivity index (χ4v) is 3.34. The van der Waals surface area contributed by atoms with Gasteiger partial charge in [0.1, 0.15) is 0 Å². The lowest BCUT2D eigenvalue weighted by Gasteiger charge is -2.13. The van der Waals surface area contributed by atoms with Crippen LogP contribution in [-0.2, 0) is 19.6 Å². The van der Waals surface area contributed by atoms with Crippen molar-refractivity contribution in [2.45, 2.75) is 11.8 Å². The largest absolute Gasteiger partial charge is 0.452 e. The van der Waals surface area contributed by atoms with Gasteiger partial charge in [-0.25, -0.2) is 17.9 Å². The third kappa shape index (κ3) is 5.80. The number of nitrogens with zero attached hydrogens (tertiary/aromatic N) is 1. The smallest absolute Gasteiger partial charge is 0.338 e. The molecule has 150 valence electrons. The number of nitrogens with one attached hydrogen (secondary N) is 2. The van der Waals surface area contributed by atoms with Crippen molar-refractivity contribution in [2.75, 3.05) is 37.5 Å². The Labute approximate surface area is 164 Å². The van der Waals surface area contributed by atoms with Crippen molar-refractivity contribution in [1.82, 2.24) is 4.72 Å². The van der Waals surface area contributed by atoms with E-state index in [2.05, 4.69) is 10.0 Å². The Hall–Kier alpha value is -2.91. The molecule has 0 bridgehead atoms. The second-order valence-corrected chi connectivity index (χ2v) is 7.86. The first kappa shape index (κ1) is 21.4. The number of hydrogen-bond donors (Lipinski definition) is 2. The molecule has 8 nitrogen and oxygen atoms in total. The maximum atomic E-state index is 12.0. The van der Waals surface area contributed by atoms with Gasteiger partial charge in [-0.1, -0.05) is 6.92 Å². The van der Waals surface area contributed by atoms with Crippen LogP contribution in [0.15, 0.2) is 53.4 Å². The predicted molar refractivity (Wildman–Crippen MR) is 107 cm³/mol. The number of sulfonamides is 1. The van der Waals surface area contributed by atoms with Gasteiger partial charge in [-0.15, -0.1) is 0 Å². The molecule has 0 saturated heterocycles. The Kier molecular flexibility index (Phi) is 7.13. The van der Waals surface area contributed by atoms with E-state index in [1.807, 2.05) is 31.1 Å². The van der Waals surface area contributed by atoms with Gasteiger partial charge >= 0.3 is 5.97 Å². The SMILES string of the molecule is CCNS(=O)(=O)c1ccc(C(=O)OCC(=O)Nc2ccc(N(C)C)cc2)cc1. The zero-order valence-corrected chi connectivity index (χ0v) is 16.7. The summed E-state index contributed by atoms with van der Waals surface area (Å²) in [6.07, 6.45) is 0. The van der Waals surface area contributed by atoms with E-state index in [1.54, 1.807) is 19.1 Å². The quantitative estimate of drug-likeness (QED) is 0.650. The highest BCUT2D eigenvalue weighted by Crippen LogP contribution is 2.15. The molecule has 1 amide bonds. The van der Waals surface area contributed by atoms with Crippen LogP contribution in [0.1, 0.15) is 17.3 Å². The van der Waals surface area contributed by atoms with Gasteiger partial charge in [0.05, 0.1) is 10.5 Å². The van der Waals surface area contributed by atoms with Gasteiger partial charge in [-0.2, -0.15) is 0 Å². The molecule has 0 unspecified atom stereocenters. The number of hydrogen-bond acceptors (Lipinski definition) is 6. The van der Waals surface area contributed by atoms with Crippen molar-refractivity contribution in [3.63, 3.8) is 0 Å². The molecule has 0 heterocycles. The molecule has 0 aromatic heterocycles. The first-order valence-corrected chi connectivity index (χ1v) is 10.1. The van der Waals surface area contributed by atoms with E-state index >= 15 is 0 Å². The number of benzene rings is 2. The van der Waals surface area contributed by atoms with Crippen LogP contribution in [0.5, 0.6) is 0 Å². The fraction of sp³-hybridized carbons (Fsp3) is 0.263. The van der Waals surface area contributed by atoms with Crippen LogP contribution in [0.3, 0.4) is 0 Å². The zero-order valence-electron chi connectivity index (χ0n) is 15.9. The Bertz CT molecular complexity index is 923. The lowest BCUT2D eigenvalue weighted by atomic mass is 10.2. The summed E-state index contributed by atoms with van der Waals surface area (Å²) >= 11 is 0. The van der Waals surface area contributed by atoms with Crippen LogP contribution in [0.2, 0.25) is 0 Å². The van der Waals surface area contributed by atoms with Gasteiger partial charge in [-0.3, -0.25) is 4.79 Å². The highest BCUT2D eigenvalue weighted by molar-refractivity contribution is 7.89. The third-order valence-corrected chi connectivity index (χ3v) is 5.30. The molecule has 9 heteroatoms. The lowest BCUT2D eigenvalue weighted by molar-refractivity contribution is -0.119. The van der Waals surface area contributed by atoms with Gasteiger partial charge < -0.3 is 15.0 Å². The average Bonchev–Trinajstić information content (AvgIpc) is 2.66. The van der Waals surface area contributed by atoms with E-state index in [9.17, 15) is 18.0 Å². The Morgan fingerprint density at radius 1 is 1.00 bits per heavy atom. The number of rotatable bonds is 8. The molecular weight excluding hydrogens is 382 g/mol. The molecule has 2 N–H and O–H groups in total. The summed E-state index contributed by atoms with van der Waals surface area (Å²) in [4.78, 5) is 26.0. The summed E-state index contributed by atoms with van der Waals surface area (Å²) in [5.74, 6) is -1.19. The number of carbonyl (C=O) groups is 2. The minimum atomic E-state index is -3.59. The molecule has 0 spiro atoms. The second-order valence-electron chi connectivity index (χ2n) is 6.09. The number of carbonyl (C=O) groups excluding carboxylic acids is 2. The van der Waals surface area contributed by atoms with Gasteiger partial charge in [0.25, 0.3) is 5.91 Å². The topological polar surface area (TPSA) is 105 Å². The fourth-order valence-electron chi connectivity index (χ4n) is 2.30. The monoisotopic (exact) mass is 405 g/mol. The van der Waals surface area contributed by atoms with Gasteiger partial charge in [-0.05, 0) is 48.5 Å². The van der Waals surface area contributed by atoms with E-state index < -0.39 is 28.5 Å². The summed E-state index contributed by atoms with van der Waals surface area (Å²) in [5.41, 5.74) is 1.73. The molecule has 2 rings (SSSR count). The summed E-state index contributed by atoms with van der Waals surface area (Å²) in [5, 5.41) is 2.64. The van der Waals surface area contributed by atoms with Gasteiger partial charge in [0.15, 0.2) is 6.61 Å². The molecule has 2 aromatic rings. The number of anilines is 2. The Morgan fingerprint density at radius 3 is 2.14 bits per heavy atom. The van der Waals surface area contributed by atoms with Crippen LogP contribution >= 0.6 is 0 Å². The van der Waals surface area contributed by atoms with Crippen LogP contribution in [0, 0.1) is 0 Å². The third-order valence-electron chi connectivity index (χ3n) is 3.74. The maximum Gasteiger partial charge on any atom is 0.338 e. The standard InChI is InChI=1S/C19H23N3O5S/c1-4-20-28(25,26)17-11-5-14(6-12-17)19(24)27-13-18(23)21-15-7-9-16(10-8-15)22(2)3/h5-12,20H,4,13H2,1-3H3,(H,21,23). The first-order valence-electron chi connectivity index (χ1n) is 8.57. The van der Waals surface area contributed by atoms with E-state index in [0.717, 1.165) is 5.69 Å². The molecule has 0 fully saturated rings. The predicted octanol–water partition coefficient (Wildman–Crippen LogP) is 1.85. The average molecular weight is 405 g/mol. The van der Waals surface area contributed by atoms with Crippen molar-refractivity contribution < 1.29 is 22.7 Å². The molecule has 0 aliphatic heterocycles. The summed E-state index contributed by atoms with van der Waals surface area (Å²) < 4.78 is 31.1. The highest BCUT2D eigenvalue weighted by atomic mass is 32.2. The van der Waals surface area contributed by atoms with Crippen LogP contribution in [0.25, 0.3) is 0 Å². The Balaban J connectivity index is 1.90. The second kappa shape index (κ2) is 9.34. The molecule has 0 radical (unpaired) electrons. The normalized spacial score (nSPS) is 11.0. The first-order chi connectivity index (χ1) is 13.2. The summed E-state index contributed by atoms with van der Waals surface area (Å²) in [7, 11) is 0.233. The molecule has 0 atom stereocenters.